The van der Waals surface area contributed by atoms with Crippen LogP contribution >= 0.6 is 39.1 Å². The summed E-state index contributed by atoms with van der Waals surface area (Å²) in [6.07, 6.45) is 2.84. The van der Waals surface area contributed by atoms with Crippen LogP contribution in [-0.2, 0) is 40.3 Å². The van der Waals surface area contributed by atoms with Crippen LogP contribution in [0.5, 0.6) is 17.5 Å². The lowest BCUT2D eigenvalue weighted by atomic mass is 10.2. The number of fused-ring (bicyclic) bond motifs is 2. The van der Waals surface area contributed by atoms with Gasteiger partial charge in [0.15, 0.2) is 27.1 Å². The Morgan fingerprint density at radius 2 is 1.03 bits per heavy atom. The zero-order chi connectivity index (χ0) is 51.2. The van der Waals surface area contributed by atoms with Gasteiger partial charge in [-0.05, 0) is 88.4 Å². The summed E-state index contributed by atoms with van der Waals surface area (Å²) in [5.74, 6) is 1.14. The zero-order valence-electron chi connectivity index (χ0n) is 39.3. The molecule has 0 aliphatic carbocycles. The van der Waals surface area contributed by atoms with E-state index in [0.29, 0.717) is 87.6 Å². The van der Waals surface area contributed by atoms with Crippen molar-refractivity contribution in [1.82, 2.24) is 37.4 Å². The van der Waals surface area contributed by atoms with Gasteiger partial charge < -0.3 is 23.9 Å². The van der Waals surface area contributed by atoms with Crippen LogP contribution < -0.4 is 36.7 Å². The van der Waals surface area contributed by atoms with Crippen LogP contribution in [0.15, 0.2) is 121 Å². The van der Waals surface area contributed by atoms with Gasteiger partial charge >= 0.3 is 11.4 Å². The molecule has 0 saturated carbocycles. The predicted molar refractivity (Wildman–Crippen MR) is 282 cm³/mol. The molecule has 72 heavy (non-hydrogen) atoms. The van der Waals surface area contributed by atoms with Crippen molar-refractivity contribution < 1.29 is 28.9 Å². The fourth-order valence-electron chi connectivity index (χ4n) is 7.30. The summed E-state index contributed by atoms with van der Waals surface area (Å²) in [6.45, 7) is 5.81. The minimum absolute atomic E-state index is 0. The molecule has 18 nitrogen and oxygen atoms in total. The van der Waals surface area contributed by atoms with Crippen LogP contribution in [0.3, 0.4) is 0 Å². The maximum absolute atomic E-state index is 13.3. The Balaban J connectivity index is 0.000000224. The van der Waals surface area contributed by atoms with E-state index in [4.69, 9.17) is 42.5 Å². The first-order valence-electron chi connectivity index (χ1n) is 22.4. The predicted octanol–water partition coefficient (Wildman–Crippen LogP) is 7.56. The molecule has 0 bridgehead atoms. The minimum atomic E-state index is -0.426. The summed E-state index contributed by atoms with van der Waals surface area (Å²) >= 11 is 15.3. The van der Waals surface area contributed by atoms with Crippen molar-refractivity contribution in [3.63, 3.8) is 0 Å². The van der Waals surface area contributed by atoms with E-state index in [2.05, 4.69) is 25.9 Å². The van der Waals surface area contributed by atoms with Crippen molar-refractivity contribution in [2.45, 2.75) is 60.3 Å². The first kappa shape index (κ1) is 55.9. The number of aldehydes is 2. The van der Waals surface area contributed by atoms with Crippen LogP contribution in [0.4, 0.5) is 0 Å². The van der Waals surface area contributed by atoms with Crippen molar-refractivity contribution in [2.24, 2.45) is 14.1 Å². The molecule has 8 aromatic rings. The molecule has 0 aliphatic rings. The van der Waals surface area contributed by atoms with Crippen molar-refractivity contribution >= 4 is 74.0 Å². The summed E-state index contributed by atoms with van der Waals surface area (Å²) in [5, 5.41) is 9.71. The van der Waals surface area contributed by atoms with Gasteiger partial charge in [-0.15, -0.1) is 0 Å². The highest BCUT2D eigenvalue weighted by molar-refractivity contribution is 9.10. The standard InChI is InChI=1S/C25H25ClN4O5.C16H16BrClN4O2.C9H10O3.CH4/c1-3-11-29-23(32)21-22(28(2)25(29)33)27-24(30(21)15-17-7-9-19(26)10-8-17)35-13-12-34-20-6-4-5-18(14-20)16-31;1-3-8-21-14(23)12-13(20(2)16(21)24)19-15(17)22(12)9-10-4-6-11(18)7-5-10;10-4-5-12-9-3-1-2-8(6-9)7-11;/h4-10,14,16H,3,11-13,15H2,1-2H3;4-7H,3,8-9H2,1-2H3;1-3,6-7,10H,4-5H2;1H4. The number of benzene rings is 4. The molecular weight excluding hydrogens is 1040 g/mol. The molecule has 8 rings (SSSR count). The fraction of sp³-hybridized carbons (Fsp3) is 0.294. The first-order valence-corrected chi connectivity index (χ1v) is 23.9. The molecule has 4 heterocycles. The smallest absolute Gasteiger partial charge is 0.332 e. The number of imidazole rings is 2. The average Bonchev–Trinajstić information content (AvgIpc) is 3.91. The number of aliphatic hydroxyl groups excluding tert-OH is 1. The van der Waals surface area contributed by atoms with Crippen LogP contribution in [0.25, 0.3) is 22.3 Å². The highest BCUT2D eigenvalue weighted by atomic mass is 79.9. The summed E-state index contributed by atoms with van der Waals surface area (Å²) in [6, 6.07) is 28.4. The summed E-state index contributed by atoms with van der Waals surface area (Å²) < 4.78 is 25.9. The third-order valence-corrected chi connectivity index (χ3v) is 11.8. The van der Waals surface area contributed by atoms with Crippen LogP contribution in [-0.4, -0.2) is 81.5 Å². The molecule has 0 spiro atoms. The number of aryl methyl sites for hydroxylation is 2. The maximum atomic E-state index is 13.3. The largest absolute Gasteiger partial charge is 0.491 e. The molecule has 0 radical (unpaired) electrons. The lowest BCUT2D eigenvalue weighted by Gasteiger charge is -2.12. The van der Waals surface area contributed by atoms with E-state index in [9.17, 15) is 28.8 Å². The Morgan fingerprint density at radius 3 is 1.49 bits per heavy atom. The molecule has 0 amide bonds. The molecule has 0 fully saturated rings. The van der Waals surface area contributed by atoms with Gasteiger partial charge in [0.1, 0.15) is 43.9 Å². The Hall–Kier alpha value is -7.06. The zero-order valence-corrected chi connectivity index (χ0v) is 42.4. The van der Waals surface area contributed by atoms with E-state index in [1.165, 1.54) is 18.3 Å². The number of hydrogen-bond acceptors (Lipinski definition) is 12. The number of aromatic nitrogens is 8. The number of ether oxygens (including phenoxy) is 3. The minimum Gasteiger partial charge on any atom is -0.491 e. The molecule has 4 aromatic heterocycles. The molecule has 0 unspecified atom stereocenters. The molecular formula is C51H55BrCl2N8O10. The maximum Gasteiger partial charge on any atom is 0.332 e. The van der Waals surface area contributed by atoms with Gasteiger partial charge in [-0.3, -0.25) is 42.0 Å². The van der Waals surface area contributed by atoms with E-state index in [0.717, 1.165) is 23.7 Å². The summed E-state index contributed by atoms with van der Waals surface area (Å²) in [5.41, 5.74) is 2.76. The van der Waals surface area contributed by atoms with Crippen LogP contribution in [0.2, 0.25) is 10.0 Å². The van der Waals surface area contributed by atoms with Gasteiger partial charge in [0.25, 0.3) is 17.1 Å². The average molecular weight is 1090 g/mol. The topological polar surface area (TPSA) is 206 Å². The number of hydrogen-bond donors (Lipinski definition) is 1. The summed E-state index contributed by atoms with van der Waals surface area (Å²) in [7, 11) is 3.21. The lowest BCUT2D eigenvalue weighted by molar-refractivity contribution is 0.111. The highest BCUT2D eigenvalue weighted by Gasteiger charge is 2.22. The Bertz CT molecular complexity index is 3380. The third-order valence-electron chi connectivity index (χ3n) is 10.7. The van der Waals surface area contributed by atoms with Crippen molar-refractivity contribution in [3.05, 3.63) is 176 Å². The van der Waals surface area contributed by atoms with E-state index < -0.39 is 11.2 Å². The molecule has 0 aliphatic heterocycles. The quantitative estimate of drug-likeness (QED) is 0.0502. The van der Waals surface area contributed by atoms with E-state index >= 15 is 0 Å². The van der Waals surface area contributed by atoms with Gasteiger partial charge in [0.2, 0.25) is 0 Å². The molecule has 4 aromatic carbocycles. The second kappa shape index (κ2) is 26.4. The normalized spacial score (nSPS) is 10.7. The van der Waals surface area contributed by atoms with Crippen LogP contribution in [0, 0.1) is 0 Å². The number of rotatable bonds is 18. The molecule has 0 atom stereocenters. The fourth-order valence-corrected chi connectivity index (χ4v) is 8.02. The van der Waals surface area contributed by atoms with Gasteiger partial charge in [-0.2, -0.15) is 4.98 Å². The van der Waals surface area contributed by atoms with E-state index in [-0.39, 0.29) is 62.3 Å². The van der Waals surface area contributed by atoms with Crippen molar-refractivity contribution in [3.8, 4) is 17.5 Å². The van der Waals surface area contributed by atoms with Gasteiger partial charge in [-0.1, -0.05) is 93.0 Å². The number of aliphatic hydroxyl groups is 1. The van der Waals surface area contributed by atoms with Gasteiger partial charge in [0.05, 0.1) is 19.7 Å². The van der Waals surface area contributed by atoms with E-state index in [1.807, 2.05) is 38.1 Å². The molecule has 21 heteroatoms. The van der Waals surface area contributed by atoms with Crippen molar-refractivity contribution in [2.75, 3.05) is 26.4 Å². The molecule has 380 valence electrons. The molecule has 0 saturated heterocycles. The van der Waals surface area contributed by atoms with Crippen LogP contribution in [0.1, 0.15) is 66.0 Å². The number of carbonyl (C=O) groups excluding carboxylic acids is 2. The highest BCUT2D eigenvalue weighted by Crippen LogP contribution is 2.22. The van der Waals surface area contributed by atoms with Gasteiger partial charge in [0, 0.05) is 48.4 Å². The monoisotopic (exact) mass is 1090 g/mol. The Morgan fingerprint density at radius 1 is 0.597 bits per heavy atom. The van der Waals surface area contributed by atoms with Crippen molar-refractivity contribution in [1.29, 1.82) is 0 Å². The second-order valence-corrected chi connectivity index (χ2v) is 17.4. The lowest BCUT2D eigenvalue weighted by Crippen LogP contribution is -2.39. The second-order valence-electron chi connectivity index (χ2n) is 15.8. The number of nitrogens with zero attached hydrogens (tertiary/aromatic N) is 8. The number of halogens is 3. The van der Waals surface area contributed by atoms with E-state index in [1.54, 1.807) is 96.0 Å². The van der Waals surface area contributed by atoms with Gasteiger partial charge in [-0.25, -0.2) is 14.6 Å². The first-order chi connectivity index (χ1) is 34.2. The summed E-state index contributed by atoms with van der Waals surface area (Å²) in [4.78, 5) is 81.4. The molecule has 1 N–H and O–H groups in total. The number of carbonyl (C=O) groups is 2. The Labute approximate surface area is 432 Å². The third kappa shape index (κ3) is 13.5. The SMILES string of the molecule is C.CCCn1c(=O)c2c(nc(Br)n2Cc2ccc(Cl)cc2)n(C)c1=O.CCCn1c(=O)c2c(nc(OCCOc3cccc(C=O)c3)n2Cc2ccc(Cl)cc2)n(C)c1=O.O=Cc1cccc(OCCO)c1. The Kier molecular flexibility index (Phi) is 20.5.